The fraction of sp³-hybridized carbons (Fsp3) is 0.636. The zero-order chi connectivity index (χ0) is 10.6. The van der Waals surface area contributed by atoms with Crippen LogP contribution < -0.4 is 5.32 Å². The molecule has 1 aromatic rings. The molecule has 0 spiro atoms. The molecule has 0 aliphatic carbocycles. The second-order valence-electron chi connectivity index (χ2n) is 3.76. The van der Waals surface area contributed by atoms with Crippen molar-refractivity contribution in [2.75, 3.05) is 0 Å². The number of hydrogen-bond acceptors (Lipinski definition) is 2. The summed E-state index contributed by atoms with van der Waals surface area (Å²) in [5.74, 6) is 1.68. The number of hydrogen-bond donors (Lipinski definition) is 1. The van der Waals surface area contributed by atoms with Gasteiger partial charge in [-0.25, -0.2) is 0 Å². The number of nitrogens with one attached hydrogen (secondary N) is 1. The van der Waals surface area contributed by atoms with Gasteiger partial charge >= 0.3 is 0 Å². The summed E-state index contributed by atoms with van der Waals surface area (Å²) in [7, 11) is 0. The second kappa shape index (κ2) is 5.56. The molecule has 1 rings (SSSR count). The first kappa shape index (κ1) is 11.8. The Morgan fingerprint density at radius 1 is 1.43 bits per heavy atom. The van der Waals surface area contributed by atoms with Gasteiger partial charge in [-0.1, -0.05) is 20.3 Å². The standard InChI is InChI=1S/C11H18BrNO/c1-4-8(2)9(3)13-7-10-5-6-11(12)14-10/h5-6,8-9,13H,4,7H2,1-3H3. The molecular formula is C11H18BrNO. The third kappa shape index (κ3) is 3.46. The second-order valence-corrected chi connectivity index (χ2v) is 4.54. The molecule has 2 unspecified atom stereocenters. The first-order valence-corrected chi connectivity index (χ1v) is 5.90. The first-order chi connectivity index (χ1) is 6.63. The van der Waals surface area contributed by atoms with Gasteiger partial charge in [0.1, 0.15) is 5.76 Å². The van der Waals surface area contributed by atoms with Crippen molar-refractivity contribution in [3.63, 3.8) is 0 Å². The van der Waals surface area contributed by atoms with E-state index in [1.54, 1.807) is 0 Å². The van der Waals surface area contributed by atoms with Crippen molar-refractivity contribution in [2.45, 2.75) is 39.8 Å². The lowest BCUT2D eigenvalue weighted by atomic mass is 10.0. The molecule has 0 saturated carbocycles. The van der Waals surface area contributed by atoms with Crippen LogP contribution in [0.5, 0.6) is 0 Å². The van der Waals surface area contributed by atoms with Crippen LogP contribution >= 0.6 is 15.9 Å². The van der Waals surface area contributed by atoms with E-state index >= 15 is 0 Å². The lowest BCUT2D eigenvalue weighted by molar-refractivity contribution is 0.367. The third-order valence-corrected chi connectivity index (χ3v) is 3.15. The maximum atomic E-state index is 5.40. The number of rotatable bonds is 5. The van der Waals surface area contributed by atoms with Crippen molar-refractivity contribution in [3.05, 3.63) is 22.6 Å². The maximum absolute atomic E-state index is 5.40. The molecule has 0 aliphatic rings. The van der Waals surface area contributed by atoms with E-state index in [1.807, 2.05) is 12.1 Å². The van der Waals surface area contributed by atoms with Crippen molar-refractivity contribution in [1.29, 1.82) is 0 Å². The van der Waals surface area contributed by atoms with Gasteiger partial charge in [0.15, 0.2) is 4.67 Å². The van der Waals surface area contributed by atoms with Crippen LogP contribution in [0, 0.1) is 5.92 Å². The Balaban J connectivity index is 2.33. The quantitative estimate of drug-likeness (QED) is 0.875. The fourth-order valence-corrected chi connectivity index (χ4v) is 1.60. The van der Waals surface area contributed by atoms with E-state index in [0.717, 1.165) is 17.0 Å². The van der Waals surface area contributed by atoms with Crippen molar-refractivity contribution in [2.24, 2.45) is 5.92 Å². The molecule has 0 aliphatic heterocycles. The van der Waals surface area contributed by atoms with E-state index < -0.39 is 0 Å². The van der Waals surface area contributed by atoms with Crippen LogP contribution in [-0.4, -0.2) is 6.04 Å². The largest absolute Gasteiger partial charge is 0.453 e. The van der Waals surface area contributed by atoms with Crippen LogP contribution in [0.4, 0.5) is 0 Å². The molecule has 14 heavy (non-hydrogen) atoms. The van der Waals surface area contributed by atoms with Crippen molar-refractivity contribution in [3.8, 4) is 0 Å². The fourth-order valence-electron chi connectivity index (χ4n) is 1.26. The highest BCUT2D eigenvalue weighted by atomic mass is 79.9. The molecule has 1 heterocycles. The summed E-state index contributed by atoms with van der Waals surface area (Å²) in [6.45, 7) is 7.49. The van der Waals surface area contributed by atoms with Crippen LogP contribution in [0.15, 0.2) is 21.2 Å². The molecule has 0 amide bonds. The van der Waals surface area contributed by atoms with Gasteiger partial charge < -0.3 is 9.73 Å². The maximum Gasteiger partial charge on any atom is 0.169 e. The Morgan fingerprint density at radius 2 is 2.14 bits per heavy atom. The Hall–Kier alpha value is -0.280. The average Bonchev–Trinajstić information content (AvgIpc) is 2.59. The van der Waals surface area contributed by atoms with Crippen LogP contribution in [0.1, 0.15) is 33.0 Å². The van der Waals surface area contributed by atoms with Gasteiger partial charge in [-0.3, -0.25) is 0 Å². The van der Waals surface area contributed by atoms with E-state index in [-0.39, 0.29) is 0 Å². The summed E-state index contributed by atoms with van der Waals surface area (Å²) < 4.78 is 6.20. The van der Waals surface area contributed by atoms with Crippen molar-refractivity contribution < 1.29 is 4.42 Å². The predicted octanol–water partition coefficient (Wildman–Crippen LogP) is 3.57. The molecule has 2 nitrogen and oxygen atoms in total. The SMILES string of the molecule is CCC(C)C(C)NCc1ccc(Br)o1. The Bertz CT molecular complexity index is 272. The Labute approximate surface area is 94.2 Å². The minimum absolute atomic E-state index is 0.531. The van der Waals surface area contributed by atoms with Crippen LogP contribution in [-0.2, 0) is 6.54 Å². The molecular weight excluding hydrogens is 242 g/mol. The van der Waals surface area contributed by atoms with E-state index in [2.05, 4.69) is 42.0 Å². The highest BCUT2D eigenvalue weighted by molar-refractivity contribution is 9.10. The normalized spacial score (nSPS) is 15.4. The van der Waals surface area contributed by atoms with Crippen LogP contribution in [0.3, 0.4) is 0 Å². The summed E-state index contributed by atoms with van der Waals surface area (Å²) in [6, 6.07) is 4.44. The average molecular weight is 260 g/mol. The zero-order valence-electron chi connectivity index (χ0n) is 9.01. The van der Waals surface area contributed by atoms with E-state index in [1.165, 1.54) is 6.42 Å². The summed E-state index contributed by atoms with van der Waals surface area (Å²) in [5, 5.41) is 3.45. The molecule has 1 aromatic heterocycles. The van der Waals surface area contributed by atoms with Gasteiger partial charge in [0.2, 0.25) is 0 Å². The molecule has 0 aromatic carbocycles. The van der Waals surface area contributed by atoms with Gasteiger partial charge in [0.25, 0.3) is 0 Å². The third-order valence-electron chi connectivity index (χ3n) is 2.72. The molecule has 0 fully saturated rings. The van der Waals surface area contributed by atoms with Crippen molar-refractivity contribution in [1.82, 2.24) is 5.32 Å². The predicted molar refractivity (Wildman–Crippen MR) is 62.2 cm³/mol. The zero-order valence-corrected chi connectivity index (χ0v) is 10.6. The lowest BCUT2D eigenvalue weighted by Crippen LogP contribution is -2.31. The number of halogens is 1. The lowest BCUT2D eigenvalue weighted by Gasteiger charge is -2.19. The summed E-state index contributed by atoms with van der Waals surface area (Å²) in [6.07, 6.45) is 1.20. The summed E-state index contributed by atoms with van der Waals surface area (Å²) in [4.78, 5) is 0. The highest BCUT2D eigenvalue weighted by Crippen LogP contribution is 2.14. The molecule has 0 radical (unpaired) electrons. The smallest absolute Gasteiger partial charge is 0.169 e. The van der Waals surface area contributed by atoms with E-state index in [0.29, 0.717) is 12.0 Å². The van der Waals surface area contributed by atoms with Crippen molar-refractivity contribution >= 4 is 15.9 Å². The van der Waals surface area contributed by atoms with Crippen LogP contribution in [0.2, 0.25) is 0 Å². The summed E-state index contributed by atoms with van der Waals surface area (Å²) in [5.41, 5.74) is 0. The molecule has 2 atom stereocenters. The minimum Gasteiger partial charge on any atom is -0.453 e. The van der Waals surface area contributed by atoms with Gasteiger partial charge in [-0.2, -0.15) is 0 Å². The van der Waals surface area contributed by atoms with Crippen LogP contribution in [0.25, 0.3) is 0 Å². The topological polar surface area (TPSA) is 25.2 Å². The van der Waals surface area contributed by atoms with Gasteiger partial charge in [-0.05, 0) is 40.9 Å². The molecule has 3 heteroatoms. The molecule has 1 N–H and O–H groups in total. The van der Waals surface area contributed by atoms with Gasteiger partial charge in [0.05, 0.1) is 6.54 Å². The molecule has 0 bridgehead atoms. The van der Waals surface area contributed by atoms with Gasteiger partial charge in [0, 0.05) is 6.04 Å². The minimum atomic E-state index is 0.531. The highest BCUT2D eigenvalue weighted by Gasteiger charge is 2.09. The monoisotopic (exact) mass is 259 g/mol. The molecule has 0 saturated heterocycles. The van der Waals surface area contributed by atoms with E-state index in [4.69, 9.17) is 4.42 Å². The Morgan fingerprint density at radius 3 is 2.64 bits per heavy atom. The van der Waals surface area contributed by atoms with E-state index in [9.17, 15) is 0 Å². The number of furan rings is 1. The molecule has 80 valence electrons. The van der Waals surface area contributed by atoms with Gasteiger partial charge in [-0.15, -0.1) is 0 Å². The Kier molecular flexibility index (Phi) is 4.69. The summed E-state index contributed by atoms with van der Waals surface area (Å²) >= 11 is 3.29. The first-order valence-electron chi connectivity index (χ1n) is 5.11.